The number of hydrogen-bond acceptors (Lipinski definition) is 5. The molecule has 5 nitrogen and oxygen atoms in total. The number of pyridine rings is 1. The molecule has 1 unspecified atom stereocenters. The number of carbonyl (C=O) groups excluding carboxylic acids is 1. The Labute approximate surface area is 120 Å². The summed E-state index contributed by atoms with van der Waals surface area (Å²) in [7, 11) is 1.96. The third kappa shape index (κ3) is 3.28. The number of aromatic nitrogens is 1. The van der Waals surface area contributed by atoms with Crippen LogP contribution in [0.2, 0.25) is 0 Å². The highest BCUT2D eigenvalue weighted by atomic mass is 16.5. The van der Waals surface area contributed by atoms with Gasteiger partial charge in [0.1, 0.15) is 11.4 Å². The van der Waals surface area contributed by atoms with Crippen LogP contribution in [0.5, 0.6) is 0 Å². The summed E-state index contributed by atoms with van der Waals surface area (Å²) in [5.41, 5.74) is 0.567. The van der Waals surface area contributed by atoms with Gasteiger partial charge >= 0.3 is 5.97 Å². The molecule has 0 spiro atoms. The monoisotopic (exact) mass is 277 g/mol. The van der Waals surface area contributed by atoms with Crippen molar-refractivity contribution in [3.05, 3.63) is 23.9 Å². The van der Waals surface area contributed by atoms with Crippen molar-refractivity contribution in [2.45, 2.75) is 32.2 Å². The summed E-state index contributed by atoms with van der Waals surface area (Å²) in [5.74, 6) is 0.468. The zero-order chi connectivity index (χ0) is 14.4. The molecule has 2 heterocycles. The average Bonchev–Trinajstić information content (AvgIpc) is 2.48. The van der Waals surface area contributed by atoms with Crippen LogP contribution in [0.15, 0.2) is 18.3 Å². The zero-order valence-corrected chi connectivity index (χ0v) is 12.3. The van der Waals surface area contributed by atoms with Crippen molar-refractivity contribution in [2.24, 2.45) is 0 Å². The lowest BCUT2D eigenvalue weighted by Gasteiger charge is -2.37. The highest BCUT2D eigenvalue weighted by Gasteiger charge is 2.26. The van der Waals surface area contributed by atoms with Gasteiger partial charge in [-0.1, -0.05) is 0 Å². The zero-order valence-electron chi connectivity index (χ0n) is 12.3. The molecular formula is C15H23N3O2. The molecule has 2 rings (SSSR count). The summed E-state index contributed by atoms with van der Waals surface area (Å²) < 4.78 is 5.13. The van der Waals surface area contributed by atoms with Crippen LogP contribution >= 0.6 is 0 Å². The number of nitrogens with one attached hydrogen (secondary N) is 1. The average molecular weight is 277 g/mol. The van der Waals surface area contributed by atoms with E-state index in [1.54, 1.807) is 18.3 Å². The molecule has 20 heavy (non-hydrogen) atoms. The van der Waals surface area contributed by atoms with Crippen LogP contribution in [0.3, 0.4) is 0 Å². The molecule has 1 atom stereocenters. The highest BCUT2D eigenvalue weighted by molar-refractivity contribution is 5.94. The van der Waals surface area contributed by atoms with Crippen LogP contribution in [-0.2, 0) is 4.74 Å². The number of esters is 1. The largest absolute Gasteiger partial charge is 0.462 e. The van der Waals surface area contributed by atoms with Crippen LogP contribution in [0.25, 0.3) is 0 Å². The predicted octanol–water partition coefficient (Wildman–Crippen LogP) is 1.84. The third-order valence-electron chi connectivity index (χ3n) is 3.62. The molecule has 1 N–H and O–H groups in total. The molecule has 1 fully saturated rings. The predicted molar refractivity (Wildman–Crippen MR) is 79.1 cm³/mol. The lowest BCUT2D eigenvalue weighted by Crippen LogP contribution is -2.46. The Morgan fingerprint density at radius 2 is 2.40 bits per heavy atom. The quantitative estimate of drug-likeness (QED) is 0.832. The normalized spacial score (nSPS) is 18.9. The van der Waals surface area contributed by atoms with E-state index in [-0.39, 0.29) is 5.97 Å². The minimum Gasteiger partial charge on any atom is -0.462 e. The van der Waals surface area contributed by atoms with Crippen molar-refractivity contribution >= 4 is 11.8 Å². The van der Waals surface area contributed by atoms with Crippen molar-refractivity contribution in [3.8, 4) is 0 Å². The fourth-order valence-electron chi connectivity index (χ4n) is 2.72. The van der Waals surface area contributed by atoms with E-state index in [0.29, 0.717) is 18.2 Å². The maximum Gasteiger partial charge on any atom is 0.341 e. The number of anilines is 1. The molecule has 5 heteroatoms. The van der Waals surface area contributed by atoms with E-state index in [0.717, 1.165) is 31.7 Å². The number of hydrogen-bond donors (Lipinski definition) is 1. The number of nitrogens with zero attached hydrogens (tertiary/aromatic N) is 2. The molecule has 1 aliphatic rings. The standard InChI is InChI=1S/C15H23N3O2/c1-3-20-15(19)13-8-6-9-17-14(13)18-10-5-4-7-12(18)11-16-2/h6,8-9,12,16H,3-5,7,10-11H2,1-2H3. The minimum atomic E-state index is -0.288. The van der Waals surface area contributed by atoms with Crippen LogP contribution in [-0.4, -0.2) is 43.7 Å². The van der Waals surface area contributed by atoms with Gasteiger partial charge in [0.15, 0.2) is 0 Å². The number of rotatable bonds is 5. The van der Waals surface area contributed by atoms with E-state index in [1.807, 2.05) is 14.0 Å². The van der Waals surface area contributed by atoms with E-state index in [2.05, 4.69) is 15.2 Å². The molecule has 0 aromatic carbocycles. The Morgan fingerprint density at radius 1 is 1.55 bits per heavy atom. The summed E-state index contributed by atoms with van der Waals surface area (Å²) in [6, 6.07) is 3.97. The van der Waals surface area contributed by atoms with Gasteiger partial charge in [-0.25, -0.2) is 9.78 Å². The fraction of sp³-hybridized carbons (Fsp3) is 0.600. The first kappa shape index (κ1) is 14.8. The van der Waals surface area contributed by atoms with E-state index in [9.17, 15) is 4.79 Å². The number of carbonyl (C=O) groups is 1. The molecule has 1 aliphatic heterocycles. The summed E-state index contributed by atoms with van der Waals surface area (Å²) in [6.45, 7) is 4.04. The van der Waals surface area contributed by atoms with Gasteiger partial charge in [0.2, 0.25) is 0 Å². The van der Waals surface area contributed by atoms with Crippen LogP contribution < -0.4 is 10.2 Å². The maximum atomic E-state index is 12.1. The second-order valence-electron chi connectivity index (χ2n) is 5.00. The molecule has 0 amide bonds. The van der Waals surface area contributed by atoms with Gasteiger partial charge in [0.05, 0.1) is 6.61 Å². The van der Waals surface area contributed by atoms with Crippen molar-refractivity contribution in [2.75, 3.05) is 31.6 Å². The first-order chi connectivity index (χ1) is 9.77. The van der Waals surface area contributed by atoms with Crippen molar-refractivity contribution in [3.63, 3.8) is 0 Å². The van der Waals surface area contributed by atoms with Crippen LogP contribution in [0.4, 0.5) is 5.82 Å². The van der Waals surface area contributed by atoms with Crippen molar-refractivity contribution in [1.29, 1.82) is 0 Å². The van der Waals surface area contributed by atoms with E-state index in [4.69, 9.17) is 4.74 Å². The molecular weight excluding hydrogens is 254 g/mol. The molecule has 1 aromatic rings. The van der Waals surface area contributed by atoms with Gasteiger partial charge in [-0.15, -0.1) is 0 Å². The molecule has 110 valence electrons. The van der Waals surface area contributed by atoms with Gasteiger partial charge < -0.3 is 15.0 Å². The number of piperidine rings is 1. The van der Waals surface area contributed by atoms with Gasteiger partial charge in [-0.3, -0.25) is 0 Å². The topological polar surface area (TPSA) is 54.5 Å². The van der Waals surface area contributed by atoms with Crippen LogP contribution in [0, 0.1) is 0 Å². The van der Waals surface area contributed by atoms with E-state index >= 15 is 0 Å². The molecule has 1 saturated heterocycles. The lowest BCUT2D eigenvalue weighted by atomic mass is 10.0. The number of ether oxygens (including phenoxy) is 1. The maximum absolute atomic E-state index is 12.1. The summed E-state index contributed by atoms with van der Waals surface area (Å²) in [6.07, 6.45) is 5.23. The second kappa shape index (κ2) is 7.24. The smallest absolute Gasteiger partial charge is 0.341 e. The Bertz CT molecular complexity index is 448. The first-order valence-electron chi connectivity index (χ1n) is 7.31. The molecule has 1 aromatic heterocycles. The fourth-order valence-corrected chi connectivity index (χ4v) is 2.72. The van der Waals surface area contributed by atoms with Gasteiger partial charge in [0.25, 0.3) is 0 Å². The van der Waals surface area contributed by atoms with Crippen molar-refractivity contribution < 1.29 is 9.53 Å². The second-order valence-corrected chi connectivity index (χ2v) is 5.00. The Balaban J connectivity index is 2.27. The Kier molecular flexibility index (Phi) is 5.35. The Hall–Kier alpha value is -1.62. The lowest BCUT2D eigenvalue weighted by molar-refractivity contribution is 0.0526. The first-order valence-corrected chi connectivity index (χ1v) is 7.31. The molecule has 0 bridgehead atoms. The molecule has 0 saturated carbocycles. The summed E-state index contributed by atoms with van der Waals surface area (Å²) in [4.78, 5) is 18.7. The van der Waals surface area contributed by atoms with Crippen molar-refractivity contribution in [1.82, 2.24) is 10.3 Å². The van der Waals surface area contributed by atoms with Gasteiger partial charge in [-0.05, 0) is 45.4 Å². The minimum absolute atomic E-state index is 0.288. The van der Waals surface area contributed by atoms with Gasteiger partial charge in [0, 0.05) is 25.3 Å². The third-order valence-corrected chi connectivity index (χ3v) is 3.62. The molecule has 0 aliphatic carbocycles. The Morgan fingerprint density at radius 3 is 3.15 bits per heavy atom. The summed E-state index contributed by atoms with van der Waals surface area (Å²) in [5, 5.41) is 3.23. The highest BCUT2D eigenvalue weighted by Crippen LogP contribution is 2.26. The van der Waals surface area contributed by atoms with E-state index in [1.165, 1.54) is 6.42 Å². The summed E-state index contributed by atoms with van der Waals surface area (Å²) >= 11 is 0. The van der Waals surface area contributed by atoms with Crippen LogP contribution in [0.1, 0.15) is 36.5 Å². The SMILES string of the molecule is CCOC(=O)c1cccnc1N1CCCCC1CNC. The number of likely N-dealkylation sites (N-methyl/N-ethyl adjacent to an activating group) is 1. The van der Waals surface area contributed by atoms with E-state index < -0.39 is 0 Å². The molecule has 0 radical (unpaired) electrons. The van der Waals surface area contributed by atoms with Gasteiger partial charge in [-0.2, -0.15) is 0 Å².